The fraction of sp³-hybridized carbons (Fsp3) is 0.667. The number of benzene rings is 1. The van der Waals surface area contributed by atoms with Crippen molar-refractivity contribution in [2.75, 3.05) is 32.8 Å². The third-order valence-corrected chi connectivity index (χ3v) is 3.40. The molecular formula is C18H32N2O. The number of ether oxygens (including phenoxy) is 1. The Morgan fingerprint density at radius 2 is 2.05 bits per heavy atom. The van der Waals surface area contributed by atoms with Crippen LogP contribution in [0.2, 0.25) is 0 Å². The summed E-state index contributed by atoms with van der Waals surface area (Å²) in [5.41, 5.74) is 1.29. The molecule has 3 nitrogen and oxygen atoms in total. The number of hydrogen-bond acceptors (Lipinski definition) is 3. The van der Waals surface area contributed by atoms with E-state index in [4.69, 9.17) is 4.74 Å². The quantitative estimate of drug-likeness (QED) is 0.631. The predicted octanol–water partition coefficient (Wildman–Crippen LogP) is 3.54. The van der Waals surface area contributed by atoms with Gasteiger partial charge in [-0.25, -0.2) is 0 Å². The van der Waals surface area contributed by atoms with E-state index in [0.717, 1.165) is 45.1 Å². The van der Waals surface area contributed by atoms with Gasteiger partial charge in [0, 0.05) is 19.6 Å². The summed E-state index contributed by atoms with van der Waals surface area (Å²) in [6, 6.07) is 8.40. The summed E-state index contributed by atoms with van der Waals surface area (Å²) in [4.78, 5) is 2.44. The molecule has 0 aliphatic rings. The Kier molecular flexibility index (Phi) is 9.11. The molecule has 1 aromatic rings. The van der Waals surface area contributed by atoms with Crippen molar-refractivity contribution < 1.29 is 4.74 Å². The van der Waals surface area contributed by atoms with Crippen LogP contribution >= 0.6 is 0 Å². The van der Waals surface area contributed by atoms with Crippen molar-refractivity contribution in [3.63, 3.8) is 0 Å². The molecule has 0 amide bonds. The van der Waals surface area contributed by atoms with Crippen LogP contribution < -0.4 is 10.1 Å². The van der Waals surface area contributed by atoms with Gasteiger partial charge in [0.1, 0.15) is 12.4 Å². The summed E-state index contributed by atoms with van der Waals surface area (Å²) < 4.78 is 5.90. The van der Waals surface area contributed by atoms with E-state index in [1.165, 1.54) is 12.0 Å². The van der Waals surface area contributed by atoms with Crippen molar-refractivity contribution in [1.82, 2.24) is 10.2 Å². The molecule has 0 spiro atoms. The van der Waals surface area contributed by atoms with E-state index in [2.05, 4.69) is 56.1 Å². The van der Waals surface area contributed by atoms with Gasteiger partial charge in [-0.15, -0.1) is 0 Å². The van der Waals surface area contributed by atoms with Gasteiger partial charge in [-0.1, -0.05) is 39.8 Å². The minimum Gasteiger partial charge on any atom is -0.492 e. The predicted molar refractivity (Wildman–Crippen MR) is 90.9 cm³/mol. The van der Waals surface area contributed by atoms with Crippen LogP contribution in [0.5, 0.6) is 5.75 Å². The van der Waals surface area contributed by atoms with Gasteiger partial charge in [-0.05, 0) is 43.1 Å². The van der Waals surface area contributed by atoms with Crippen LogP contribution in [0, 0.1) is 5.92 Å². The number of nitrogens with one attached hydrogen (secondary N) is 1. The summed E-state index contributed by atoms with van der Waals surface area (Å²) in [7, 11) is 0. The van der Waals surface area contributed by atoms with Gasteiger partial charge in [0.05, 0.1) is 0 Å². The Morgan fingerprint density at radius 1 is 1.24 bits per heavy atom. The van der Waals surface area contributed by atoms with Crippen LogP contribution in [0.1, 0.15) is 39.7 Å². The van der Waals surface area contributed by atoms with Crippen LogP contribution in [-0.2, 0) is 6.54 Å². The summed E-state index contributed by atoms with van der Waals surface area (Å²) >= 11 is 0. The van der Waals surface area contributed by atoms with E-state index in [1.807, 2.05) is 6.07 Å². The molecular weight excluding hydrogens is 260 g/mol. The van der Waals surface area contributed by atoms with Gasteiger partial charge in [0.15, 0.2) is 0 Å². The molecule has 1 rings (SSSR count). The summed E-state index contributed by atoms with van der Waals surface area (Å²) in [5.74, 6) is 1.68. The lowest BCUT2D eigenvalue weighted by Gasteiger charge is -2.22. The molecule has 0 saturated carbocycles. The molecule has 0 aliphatic heterocycles. The standard InChI is InChI=1S/C18H32N2O/c1-5-10-19-14-17-8-7-9-18(13-17)21-12-11-20(6-2)15-16(3)4/h7-9,13,16,19H,5-6,10-12,14-15H2,1-4H3. The average molecular weight is 292 g/mol. The first kappa shape index (κ1) is 18.0. The lowest BCUT2D eigenvalue weighted by molar-refractivity contribution is 0.200. The highest BCUT2D eigenvalue weighted by Crippen LogP contribution is 2.13. The monoisotopic (exact) mass is 292 g/mol. The normalized spacial score (nSPS) is 11.3. The molecule has 1 aromatic carbocycles. The Morgan fingerprint density at radius 3 is 2.71 bits per heavy atom. The van der Waals surface area contributed by atoms with Gasteiger partial charge in [-0.3, -0.25) is 4.90 Å². The maximum absolute atomic E-state index is 5.90. The molecule has 0 fully saturated rings. The molecule has 1 N–H and O–H groups in total. The van der Waals surface area contributed by atoms with E-state index in [9.17, 15) is 0 Å². The second kappa shape index (κ2) is 10.6. The van der Waals surface area contributed by atoms with Gasteiger partial charge in [0.2, 0.25) is 0 Å². The average Bonchev–Trinajstić information content (AvgIpc) is 2.46. The van der Waals surface area contributed by atoms with E-state index in [0.29, 0.717) is 5.92 Å². The van der Waals surface area contributed by atoms with Crippen LogP contribution in [0.25, 0.3) is 0 Å². The van der Waals surface area contributed by atoms with Gasteiger partial charge >= 0.3 is 0 Å². The molecule has 0 radical (unpaired) electrons. The number of hydrogen-bond donors (Lipinski definition) is 1. The Hall–Kier alpha value is -1.06. The largest absolute Gasteiger partial charge is 0.492 e. The Labute approximate surface area is 130 Å². The first-order valence-corrected chi connectivity index (χ1v) is 8.30. The van der Waals surface area contributed by atoms with E-state index >= 15 is 0 Å². The lowest BCUT2D eigenvalue weighted by atomic mass is 10.2. The van der Waals surface area contributed by atoms with Crippen molar-refractivity contribution in [2.45, 2.75) is 40.7 Å². The molecule has 0 aromatic heterocycles. The molecule has 120 valence electrons. The summed E-state index contributed by atoms with van der Waals surface area (Å²) in [6.45, 7) is 14.9. The molecule has 3 heteroatoms. The van der Waals surface area contributed by atoms with Crippen LogP contribution in [-0.4, -0.2) is 37.7 Å². The molecule has 0 saturated heterocycles. The maximum Gasteiger partial charge on any atom is 0.119 e. The highest BCUT2D eigenvalue weighted by Gasteiger charge is 2.05. The van der Waals surface area contributed by atoms with Crippen LogP contribution in [0.3, 0.4) is 0 Å². The lowest BCUT2D eigenvalue weighted by Crippen LogP contribution is -2.31. The first-order chi connectivity index (χ1) is 10.2. The molecule has 0 aliphatic carbocycles. The minimum atomic E-state index is 0.706. The number of likely N-dealkylation sites (N-methyl/N-ethyl adjacent to an activating group) is 1. The number of nitrogens with zero attached hydrogens (tertiary/aromatic N) is 1. The van der Waals surface area contributed by atoms with E-state index in [1.54, 1.807) is 0 Å². The van der Waals surface area contributed by atoms with Crippen molar-refractivity contribution in [1.29, 1.82) is 0 Å². The van der Waals surface area contributed by atoms with Gasteiger partial charge < -0.3 is 10.1 Å². The second-order valence-corrected chi connectivity index (χ2v) is 5.96. The molecule has 0 heterocycles. The highest BCUT2D eigenvalue weighted by atomic mass is 16.5. The maximum atomic E-state index is 5.90. The zero-order chi connectivity index (χ0) is 15.5. The fourth-order valence-corrected chi connectivity index (χ4v) is 2.34. The smallest absolute Gasteiger partial charge is 0.119 e. The third kappa shape index (κ3) is 8.08. The van der Waals surface area contributed by atoms with Crippen molar-refractivity contribution in [3.05, 3.63) is 29.8 Å². The zero-order valence-corrected chi connectivity index (χ0v) is 14.2. The fourth-order valence-electron chi connectivity index (χ4n) is 2.34. The number of rotatable bonds is 11. The molecule has 0 bridgehead atoms. The molecule has 21 heavy (non-hydrogen) atoms. The Balaban J connectivity index is 2.35. The van der Waals surface area contributed by atoms with Crippen molar-refractivity contribution in [2.24, 2.45) is 5.92 Å². The third-order valence-electron chi connectivity index (χ3n) is 3.40. The zero-order valence-electron chi connectivity index (χ0n) is 14.2. The molecule has 0 unspecified atom stereocenters. The van der Waals surface area contributed by atoms with Crippen molar-refractivity contribution in [3.8, 4) is 5.75 Å². The van der Waals surface area contributed by atoms with E-state index < -0.39 is 0 Å². The summed E-state index contributed by atoms with van der Waals surface area (Å²) in [5, 5.41) is 3.42. The van der Waals surface area contributed by atoms with Gasteiger partial charge in [0.25, 0.3) is 0 Å². The van der Waals surface area contributed by atoms with Gasteiger partial charge in [-0.2, -0.15) is 0 Å². The second-order valence-electron chi connectivity index (χ2n) is 5.96. The van der Waals surface area contributed by atoms with Crippen LogP contribution in [0.4, 0.5) is 0 Å². The molecule has 0 atom stereocenters. The van der Waals surface area contributed by atoms with Crippen LogP contribution in [0.15, 0.2) is 24.3 Å². The van der Waals surface area contributed by atoms with Crippen molar-refractivity contribution >= 4 is 0 Å². The minimum absolute atomic E-state index is 0.706. The topological polar surface area (TPSA) is 24.5 Å². The SMILES string of the molecule is CCCNCc1cccc(OCCN(CC)CC(C)C)c1. The highest BCUT2D eigenvalue weighted by molar-refractivity contribution is 5.28. The first-order valence-electron chi connectivity index (χ1n) is 8.30. The Bertz CT molecular complexity index is 379. The van der Waals surface area contributed by atoms with E-state index in [-0.39, 0.29) is 0 Å². The summed E-state index contributed by atoms with van der Waals surface area (Å²) in [6.07, 6.45) is 1.17.